The van der Waals surface area contributed by atoms with Gasteiger partial charge in [0.05, 0.1) is 0 Å². The largest absolute Gasteiger partial charge is 0.297 e. The molecule has 0 spiro atoms. The van der Waals surface area contributed by atoms with E-state index in [-0.39, 0.29) is 5.91 Å². The summed E-state index contributed by atoms with van der Waals surface area (Å²) in [5.41, 5.74) is 0. The van der Waals surface area contributed by atoms with Gasteiger partial charge in [-0.2, -0.15) is 0 Å². The lowest BCUT2D eigenvalue weighted by Crippen LogP contribution is -2.35. The standard InChI is InChI=1S/C10H11BrN2O/c11-8-4-5-12-9(7-8)13-6-2-1-3-10(13)14/h4-5,7H,1-3,6H2. The van der Waals surface area contributed by atoms with Crippen molar-refractivity contribution < 1.29 is 4.79 Å². The molecule has 0 aliphatic carbocycles. The first-order chi connectivity index (χ1) is 6.77. The molecule has 4 heteroatoms. The second-order valence-electron chi connectivity index (χ2n) is 3.33. The van der Waals surface area contributed by atoms with Crippen LogP contribution in [0.25, 0.3) is 0 Å². The van der Waals surface area contributed by atoms with Gasteiger partial charge >= 0.3 is 0 Å². The lowest BCUT2D eigenvalue weighted by molar-refractivity contribution is -0.119. The number of nitrogens with zero attached hydrogens (tertiary/aromatic N) is 2. The Morgan fingerprint density at radius 1 is 1.43 bits per heavy atom. The van der Waals surface area contributed by atoms with E-state index in [4.69, 9.17) is 0 Å². The average molecular weight is 255 g/mol. The molecular formula is C10H11BrN2O. The quantitative estimate of drug-likeness (QED) is 0.771. The van der Waals surface area contributed by atoms with Crippen LogP contribution in [0.15, 0.2) is 22.8 Å². The number of anilines is 1. The number of halogens is 1. The summed E-state index contributed by atoms with van der Waals surface area (Å²) in [6.07, 6.45) is 4.43. The van der Waals surface area contributed by atoms with Gasteiger partial charge in [0.15, 0.2) is 0 Å². The first kappa shape index (κ1) is 9.65. The van der Waals surface area contributed by atoms with Crippen molar-refractivity contribution in [3.05, 3.63) is 22.8 Å². The molecule has 1 aromatic heterocycles. The van der Waals surface area contributed by atoms with E-state index in [0.29, 0.717) is 6.42 Å². The van der Waals surface area contributed by atoms with Gasteiger partial charge in [0, 0.05) is 23.6 Å². The van der Waals surface area contributed by atoms with Crippen LogP contribution >= 0.6 is 15.9 Å². The third-order valence-corrected chi connectivity index (χ3v) is 2.80. The van der Waals surface area contributed by atoms with Crippen LogP contribution in [-0.4, -0.2) is 17.4 Å². The Morgan fingerprint density at radius 2 is 2.29 bits per heavy atom. The Kier molecular flexibility index (Phi) is 2.82. The minimum Gasteiger partial charge on any atom is -0.297 e. The Bertz CT molecular complexity index is 354. The highest BCUT2D eigenvalue weighted by Crippen LogP contribution is 2.21. The Morgan fingerprint density at radius 3 is 3.00 bits per heavy atom. The number of hydrogen-bond donors (Lipinski definition) is 0. The summed E-state index contributed by atoms with van der Waals surface area (Å²) in [5, 5.41) is 0. The van der Waals surface area contributed by atoms with Crippen LogP contribution in [0, 0.1) is 0 Å². The highest BCUT2D eigenvalue weighted by atomic mass is 79.9. The van der Waals surface area contributed by atoms with E-state index in [0.717, 1.165) is 29.7 Å². The van der Waals surface area contributed by atoms with Crippen LogP contribution in [0.4, 0.5) is 5.82 Å². The van der Waals surface area contributed by atoms with Gasteiger partial charge in [-0.1, -0.05) is 15.9 Å². The van der Waals surface area contributed by atoms with Crippen LogP contribution in [0.5, 0.6) is 0 Å². The van der Waals surface area contributed by atoms with Crippen LogP contribution < -0.4 is 4.90 Å². The molecule has 1 aromatic rings. The lowest BCUT2D eigenvalue weighted by atomic mass is 10.1. The number of pyridine rings is 1. The summed E-state index contributed by atoms with van der Waals surface area (Å²) in [4.78, 5) is 17.5. The van der Waals surface area contributed by atoms with Crippen LogP contribution in [0.3, 0.4) is 0 Å². The van der Waals surface area contributed by atoms with Gasteiger partial charge in [-0.25, -0.2) is 4.98 Å². The normalized spacial score (nSPS) is 17.2. The fourth-order valence-corrected chi connectivity index (χ4v) is 1.91. The maximum atomic E-state index is 11.6. The van der Waals surface area contributed by atoms with Crippen molar-refractivity contribution in [3.8, 4) is 0 Å². The van der Waals surface area contributed by atoms with E-state index < -0.39 is 0 Å². The summed E-state index contributed by atoms with van der Waals surface area (Å²) >= 11 is 3.37. The number of hydrogen-bond acceptors (Lipinski definition) is 2. The van der Waals surface area contributed by atoms with Crippen molar-refractivity contribution in [1.29, 1.82) is 0 Å². The zero-order valence-corrected chi connectivity index (χ0v) is 9.33. The molecule has 1 aliphatic rings. The molecule has 14 heavy (non-hydrogen) atoms. The Labute approximate surface area is 91.3 Å². The first-order valence-corrected chi connectivity index (χ1v) is 5.48. The number of carbonyl (C=O) groups is 1. The van der Waals surface area contributed by atoms with Gasteiger partial charge in [0.25, 0.3) is 0 Å². The minimum absolute atomic E-state index is 0.182. The van der Waals surface area contributed by atoms with Gasteiger partial charge < -0.3 is 0 Å². The second kappa shape index (κ2) is 4.09. The molecule has 1 saturated heterocycles. The lowest BCUT2D eigenvalue weighted by Gasteiger charge is -2.25. The van der Waals surface area contributed by atoms with Crippen LogP contribution in [-0.2, 0) is 4.79 Å². The fraction of sp³-hybridized carbons (Fsp3) is 0.400. The van der Waals surface area contributed by atoms with Gasteiger partial charge in [0.1, 0.15) is 5.82 Å². The molecule has 0 radical (unpaired) electrons. The summed E-state index contributed by atoms with van der Waals surface area (Å²) in [7, 11) is 0. The summed E-state index contributed by atoms with van der Waals surface area (Å²) in [6.45, 7) is 0.794. The minimum atomic E-state index is 0.182. The van der Waals surface area contributed by atoms with Crippen LogP contribution in [0.1, 0.15) is 19.3 Å². The number of rotatable bonds is 1. The predicted molar refractivity (Wildman–Crippen MR) is 58.1 cm³/mol. The predicted octanol–water partition coefficient (Wildman–Crippen LogP) is 2.36. The van der Waals surface area contributed by atoms with Crippen molar-refractivity contribution in [3.63, 3.8) is 0 Å². The van der Waals surface area contributed by atoms with Crippen molar-refractivity contribution in [2.24, 2.45) is 0 Å². The molecule has 0 unspecified atom stereocenters. The molecular weight excluding hydrogens is 244 g/mol. The molecule has 0 aromatic carbocycles. The van der Waals surface area contributed by atoms with E-state index in [2.05, 4.69) is 20.9 Å². The molecule has 3 nitrogen and oxygen atoms in total. The summed E-state index contributed by atoms with van der Waals surface area (Å²) in [5.74, 6) is 0.936. The molecule has 2 rings (SSSR count). The molecule has 0 saturated carbocycles. The summed E-state index contributed by atoms with van der Waals surface area (Å²) < 4.78 is 0.959. The van der Waals surface area contributed by atoms with Crippen molar-refractivity contribution >= 4 is 27.7 Å². The van der Waals surface area contributed by atoms with E-state index >= 15 is 0 Å². The first-order valence-electron chi connectivity index (χ1n) is 4.69. The van der Waals surface area contributed by atoms with Crippen molar-refractivity contribution in [2.75, 3.05) is 11.4 Å². The third-order valence-electron chi connectivity index (χ3n) is 2.31. The number of piperidine rings is 1. The van der Waals surface area contributed by atoms with Gasteiger partial charge in [-0.05, 0) is 25.0 Å². The Balaban J connectivity index is 2.24. The topological polar surface area (TPSA) is 33.2 Å². The maximum absolute atomic E-state index is 11.6. The monoisotopic (exact) mass is 254 g/mol. The van der Waals surface area contributed by atoms with E-state index in [1.807, 2.05) is 12.1 Å². The van der Waals surface area contributed by atoms with Gasteiger partial charge in [-0.15, -0.1) is 0 Å². The number of amides is 1. The molecule has 1 fully saturated rings. The van der Waals surface area contributed by atoms with Crippen molar-refractivity contribution in [2.45, 2.75) is 19.3 Å². The second-order valence-corrected chi connectivity index (χ2v) is 4.25. The Hall–Kier alpha value is -0.900. The molecule has 0 atom stereocenters. The molecule has 1 aliphatic heterocycles. The van der Waals surface area contributed by atoms with Crippen molar-refractivity contribution in [1.82, 2.24) is 4.98 Å². The molecule has 0 bridgehead atoms. The van der Waals surface area contributed by atoms with E-state index in [9.17, 15) is 4.79 Å². The molecule has 74 valence electrons. The van der Waals surface area contributed by atoms with E-state index in [1.165, 1.54) is 0 Å². The number of aromatic nitrogens is 1. The molecule has 0 N–H and O–H groups in total. The number of carbonyl (C=O) groups excluding carboxylic acids is 1. The van der Waals surface area contributed by atoms with Gasteiger partial charge in [-0.3, -0.25) is 9.69 Å². The summed E-state index contributed by atoms with van der Waals surface area (Å²) in [6, 6.07) is 3.74. The highest BCUT2D eigenvalue weighted by molar-refractivity contribution is 9.10. The molecule has 2 heterocycles. The average Bonchev–Trinajstić information content (AvgIpc) is 2.18. The van der Waals surface area contributed by atoms with E-state index in [1.54, 1.807) is 11.1 Å². The zero-order chi connectivity index (χ0) is 9.97. The smallest absolute Gasteiger partial charge is 0.228 e. The fourth-order valence-electron chi connectivity index (χ4n) is 1.59. The SMILES string of the molecule is O=C1CCCCN1c1cc(Br)ccn1. The van der Waals surface area contributed by atoms with Crippen LogP contribution in [0.2, 0.25) is 0 Å². The maximum Gasteiger partial charge on any atom is 0.228 e. The third kappa shape index (κ3) is 1.95. The van der Waals surface area contributed by atoms with Gasteiger partial charge in [0.2, 0.25) is 5.91 Å². The highest BCUT2D eigenvalue weighted by Gasteiger charge is 2.20. The zero-order valence-electron chi connectivity index (χ0n) is 7.74. The molecule has 1 amide bonds.